The van der Waals surface area contributed by atoms with Crippen molar-refractivity contribution < 1.29 is 19.5 Å². The summed E-state index contributed by atoms with van der Waals surface area (Å²) in [5.41, 5.74) is 3.82. The summed E-state index contributed by atoms with van der Waals surface area (Å²) < 4.78 is 0. The number of Topliss-reactive ketones (excluding diaryl/α,β-unsaturated/α-hetero) is 1. The summed E-state index contributed by atoms with van der Waals surface area (Å²) in [4.78, 5) is 39.7. The SMILES string of the molecule is Cc1ccccc1C1CC(=O)N(c2cccc(C(=O)O)c2)C2=C1C(=O)CC(C)(C)C2. The maximum Gasteiger partial charge on any atom is 0.335 e. The highest BCUT2D eigenvalue weighted by molar-refractivity contribution is 6.08. The molecule has 1 atom stereocenters. The van der Waals surface area contributed by atoms with Gasteiger partial charge in [0.2, 0.25) is 5.91 Å². The Morgan fingerprint density at radius 1 is 1.07 bits per heavy atom. The van der Waals surface area contributed by atoms with Crippen LogP contribution in [0.1, 0.15) is 60.5 Å². The van der Waals surface area contributed by atoms with E-state index in [1.54, 1.807) is 17.0 Å². The molecule has 4 rings (SSSR count). The Bertz CT molecular complexity index is 1100. The predicted octanol–water partition coefficient (Wildman–Crippen LogP) is 4.86. The number of anilines is 1. The zero-order chi connectivity index (χ0) is 21.6. The first kappa shape index (κ1) is 20.1. The number of rotatable bonds is 3. The fraction of sp³-hybridized carbons (Fsp3) is 0.320. The van der Waals surface area contributed by atoms with Gasteiger partial charge in [-0.05, 0) is 48.1 Å². The minimum Gasteiger partial charge on any atom is -0.478 e. The highest BCUT2D eigenvalue weighted by atomic mass is 16.4. The van der Waals surface area contributed by atoms with E-state index in [0.29, 0.717) is 29.8 Å². The number of hydrogen-bond acceptors (Lipinski definition) is 3. The van der Waals surface area contributed by atoms with E-state index in [2.05, 4.69) is 0 Å². The van der Waals surface area contributed by atoms with Crippen LogP contribution >= 0.6 is 0 Å². The van der Waals surface area contributed by atoms with E-state index in [9.17, 15) is 19.5 Å². The Hall–Kier alpha value is -3.21. The quantitative estimate of drug-likeness (QED) is 0.794. The maximum atomic E-state index is 13.4. The largest absolute Gasteiger partial charge is 0.478 e. The number of allylic oxidation sites excluding steroid dienone is 2. The van der Waals surface area contributed by atoms with Crippen LogP contribution in [0.5, 0.6) is 0 Å². The molecule has 5 heteroatoms. The topological polar surface area (TPSA) is 74.7 Å². The van der Waals surface area contributed by atoms with Crippen molar-refractivity contribution in [1.82, 2.24) is 0 Å². The van der Waals surface area contributed by atoms with E-state index >= 15 is 0 Å². The van der Waals surface area contributed by atoms with Crippen molar-refractivity contribution in [2.24, 2.45) is 5.41 Å². The van der Waals surface area contributed by atoms with Crippen molar-refractivity contribution >= 4 is 23.3 Å². The van der Waals surface area contributed by atoms with Crippen LogP contribution in [0, 0.1) is 12.3 Å². The van der Waals surface area contributed by atoms with Crippen LogP contribution in [0.4, 0.5) is 5.69 Å². The molecule has 0 aromatic heterocycles. The molecule has 1 heterocycles. The van der Waals surface area contributed by atoms with E-state index in [0.717, 1.165) is 11.1 Å². The first-order valence-electron chi connectivity index (χ1n) is 10.2. The Balaban J connectivity index is 1.92. The zero-order valence-electron chi connectivity index (χ0n) is 17.4. The number of carboxylic acid groups (broad SMARTS) is 1. The molecule has 2 aliphatic rings. The maximum absolute atomic E-state index is 13.4. The molecule has 5 nitrogen and oxygen atoms in total. The van der Waals surface area contributed by atoms with E-state index in [1.807, 2.05) is 45.0 Å². The molecule has 154 valence electrons. The van der Waals surface area contributed by atoms with Crippen molar-refractivity contribution in [3.05, 3.63) is 76.5 Å². The Morgan fingerprint density at radius 3 is 2.50 bits per heavy atom. The molecule has 0 saturated heterocycles. The molecular formula is C25H25NO4. The van der Waals surface area contributed by atoms with Gasteiger partial charge in [0.15, 0.2) is 5.78 Å². The van der Waals surface area contributed by atoms with Gasteiger partial charge in [-0.15, -0.1) is 0 Å². The highest BCUT2D eigenvalue weighted by Crippen LogP contribution is 2.48. The van der Waals surface area contributed by atoms with Crippen LogP contribution < -0.4 is 4.90 Å². The molecule has 0 saturated carbocycles. The lowest BCUT2D eigenvalue weighted by Gasteiger charge is -2.43. The number of hydrogen-bond donors (Lipinski definition) is 1. The molecule has 0 fully saturated rings. The second-order valence-electron chi connectivity index (χ2n) is 9.00. The summed E-state index contributed by atoms with van der Waals surface area (Å²) in [7, 11) is 0. The molecule has 1 N–H and O–H groups in total. The van der Waals surface area contributed by atoms with Crippen molar-refractivity contribution in [1.29, 1.82) is 0 Å². The number of aryl methyl sites for hydroxylation is 1. The van der Waals surface area contributed by atoms with Gasteiger partial charge in [-0.25, -0.2) is 4.79 Å². The zero-order valence-corrected chi connectivity index (χ0v) is 17.4. The molecule has 1 aliphatic heterocycles. The minimum absolute atomic E-state index is 0.0707. The normalized spacial score (nSPS) is 20.9. The van der Waals surface area contributed by atoms with E-state index in [4.69, 9.17) is 0 Å². The molecule has 2 aromatic rings. The monoisotopic (exact) mass is 403 g/mol. The molecule has 1 aliphatic carbocycles. The summed E-state index contributed by atoms with van der Waals surface area (Å²) in [6.45, 7) is 6.06. The summed E-state index contributed by atoms with van der Waals surface area (Å²) >= 11 is 0. The number of amides is 1. The Labute approximate surface area is 176 Å². The average molecular weight is 403 g/mol. The van der Waals surface area contributed by atoms with Gasteiger partial charge in [-0.3, -0.25) is 14.5 Å². The molecule has 30 heavy (non-hydrogen) atoms. The van der Waals surface area contributed by atoms with Gasteiger partial charge in [-0.1, -0.05) is 44.2 Å². The van der Waals surface area contributed by atoms with Crippen molar-refractivity contribution in [2.45, 2.75) is 46.0 Å². The van der Waals surface area contributed by atoms with Gasteiger partial charge in [0, 0.05) is 35.7 Å². The molecule has 2 aromatic carbocycles. The third kappa shape index (κ3) is 3.45. The van der Waals surface area contributed by atoms with E-state index in [1.165, 1.54) is 12.1 Å². The minimum atomic E-state index is -1.05. The third-order valence-corrected chi connectivity index (χ3v) is 6.06. The number of carbonyl (C=O) groups excluding carboxylic acids is 2. The fourth-order valence-corrected chi connectivity index (χ4v) is 4.74. The van der Waals surface area contributed by atoms with E-state index in [-0.39, 0.29) is 35.0 Å². The summed E-state index contributed by atoms with van der Waals surface area (Å²) in [5.74, 6) is -1.36. The van der Waals surface area contributed by atoms with Crippen LogP contribution in [-0.4, -0.2) is 22.8 Å². The van der Waals surface area contributed by atoms with Crippen molar-refractivity contribution in [3.8, 4) is 0 Å². The first-order valence-corrected chi connectivity index (χ1v) is 10.2. The second-order valence-corrected chi connectivity index (χ2v) is 9.00. The van der Waals surface area contributed by atoms with Crippen LogP contribution in [0.2, 0.25) is 0 Å². The number of aromatic carboxylic acids is 1. The van der Waals surface area contributed by atoms with Gasteiger partial charge in [-0.2, -0.15) is 0 Å². The summed E-state index contributed by atoms with van der Waals surface area (Å²) in [5, 5.41) is 9.38. The van der Waals surface area contributed by atoms with Crippen molar-refractivity contribution in [2.75, 3.05) is 4.90 Å². The standard InChI is InChI=1S/C25H25NO4/c1-15-7-4-5-10-18(15)19-12-22(28)26(17-9-6-8-16(11-17)24(29)30)20-13-25(2,3)14-21(27)23(19)20/h4-11,19H,12-14H2,1-3H3,(H,29,30). The number of ketones is 1. The number of nitrogens with zero attached hydrogens (tertiary/aromatic N) is 1. The van der Waals surface area contributed by atoms with Crippen molar-refractivity contribution in [3.63, 3.8) is 0 Å². The van der Waals surface area contributed by atoms with Crippen LogP contribution in [0.15, 0.2) is 59.8 Å². The number of carboxylic acids is 1. The molecule has 0 bridgehead atoms. The van der Waals surface area contributed by atoms with Crippen LogP contribution in [0.3, 0.4) is 0 Å². The van der Waals surface area contributed by atoms with Gasteiger partial charge in [0.05, 0.1) is 5.56 Å². The molecule has 1 amide bonds. The lowest BCUT2D eigenvalue weighted by atomic mass is 9.69. The lowest BCUT2D eigenvalue weighted by Crippen LogP contribution is -2.43. The smallest absolute Gasteiger partial charge is 0.335 e. The van der Waals surface area contributed by atoms with Gasteiger partial charge >= 0.3 is 5.97 Å². The van der Waals surface area contributed by atoms with E-state index < -0.39 is 5.97 Å². The average Bonchev–Trinajstić information content (AvgIpc) is 2.66. The third-order valence-electron chi connectivity index (χ3n) is 6.06. The number of benzene rings is 2. The predicted molar refractivity (Wildman–Crippen MR) is 114 cm³/mol. The fourth-order valence-electron chi connectivity index (χ4n) is 4.74. The molecular weight excluding hydrogens is 378 g/mol. The van der Waals surface area contributed by atoms with Gasteiger partial charge in [0.25, 0.3) is 0 Å². The summed E-state index contributed by atoms with van der Waals surface area (Å²) in [6, 6.07) is 14.3. The van der Waals surface area contributed by atoms with Crippen LogP contribution in [-0.2, 0) is 9.59 Å². The Morgan fingerprint density at radius 2 is 1.80 bits per heavy atom. The molecule has 0 spiro atoms. The van der Waals surface area contributed by atoms with Crippen LogP contribution in [0.25, 0.3) is 0 Å². The highest BCUT2D eigenvalue weighted by Gasteiger charge is 2.44. The summed E-state index contributed by atoms with van der Waals surface area (Å²) in [6.07, 6.45) is 1.21. The molecule has 0 radical (unpaired) electrons. The lowest BCUT2D eigenvalue weighted by molar-refractivity contribution is -0.121. The van der Waals surface area contributed by atoms with Gasteiger partial charge < -0.3 is 5.11 Å². The second kappa shape index (κ2) is 7.24. The van der Waals surface area contributed by atoms with Gasteiger partial charge in [0.1, 0.15) is 0 Å². The molecule has 1 unspecified atom stereocenters. The first-order chi connectivity index (χ1) is 14.2. The Kier molecular flexibility index (Phi) is 4.85. The number of carbonyl (C=O) groups is 3.